The molecule has 3 nitrogen and oxygen atoms in total. The van der Waals surface area contributed by atoms with Gasteiger partial charge in [0.15, 0.2) is 0 Å². The Hall–Kier alpha value is -1.00. The Bertz CT molecular complexity index is 396. The van der Waals surface area contributed by atoms with E-state index in [4.69, 9.17) is 0 Å². The fraction of sp³-hybridized carbons (Fsp3) is 0.615. The summed E-state index contributed by atoms with van der Waals surface area (Å²) in [6.07, 6.45) is 5.62. The van der Waals surface area contributed by atoms with E-state index in [2.05, 4.69) is 15.2 Å². The maximum absolute atomic E-state index is 13.1. The zero-order valence-corrected chi connectivity index (χ0v) is 9.90. The van der Waals surface area contributed by atoms with Crippen LogP contribution in [0.1, 0.15) is 18.4 Å². The van der Waals surface area contributed by atoms with E-state index in [9.17, 15) is 4.39 Å². The molecule has 0 spiro atoms. The van der Waals surface area contributed by atoms with E-state index in [1.807, 2.05) is 0 Å². The van der Waals surface area contributed by atoms with Crippen molar-refractivity contribution in [2.24, 2.45) is 5.92 Å². The third kappa shape index (κ3) is 2.33. The minimum absolute atomic E-state index is 0.236. The first-order chi connectivity index (χ1) is 8.33. The van der Waals surface area contributed by atoms with Gasteiger partial charge in [0.25, 0.3) is 0 Å². The summed E-state index contributed by atoms with van der Waals surface area (Å²) in [5.41, 5.74) is 0.984. The monoisotopic (exact) mass is 235 g/mol. The maximum Gasteiger partial charge on any atom is 0.141 e. The zero-order valence-electron chi connectivity index (χ0n) is 9.90. The second kappa shape index (κ2) is 4.70. The largest absolute Gasteiger partial charge is 0.315 e. The molecule has 2 saturated heterocycles. The van der Waals surface area contributed by atoms with Crippen molar-refractivity contribution in [2.45, 2.75) is 25.4 Å². The molecule has 2 atom stereocenters. The molecule has 0 radical (unpaired) electrons. The molecular formula is C13H18FN3. The lowest BCUT2D eigenvalue weighted by atomic mass is 9.92. The van der Waals surface area contributed by atoms with Gasteiger partial charge in [-0.25, -0.2) is 4.39 Å². The van der Waals surface area contributed by atoms with E-state index in [1.165, 1.54) is 19.0 Å². The van der Waals surface area contributed by atoms with Crippen molar-refractivity contribution < 1.29 is 4.39 Å². The number of nitrogens with zero attached hydrogens (tertiary/aromatic N) is 2. The molecule has 3 rings (SSSR count). The molecule has 0 aromatic carbocycles. The molecule has 2 aliphatic rings. The molecule has 2 unspecified atom stereocenters. The number of hydrogen-bond acceptors (Lipinski definition) is 3. The quantitative estimate of drug-likeness (QED) is 0.840. The second-order valence-electron chi connectivity index (χ2n) is 5.11. The SMILES string of the molecule is Fc1cncc(CN2CCCC3CNCC32)c1. The average Bonchev–Trinajstić information content (AvgIpc) is 2.78. The van der Waals surface area contributed by atoms with Crippen LogP contribution in [0, 0.1) is 11.7 Å². The number of halogens is 1. The Labute approximate surface area is 101 Å². The average molecular weight is 235 g/mol. The molecule has 17 heavy (non-hydrogen) atoms. The van der Waals surface area contributed by atoms with Gasteiger partial charge in [-0.15, -0.1) is 0 Å². The summed E-state index contributed by atoms with van der Waals surface area (Å²) in [5, 5.41) is 3.46. The highest BCUT2D eigenvalue weighted by atomic mass is 19.1. The summed E-state index contributed by atoms with van der Waals surface area (Å²) in [5.74, 6) is 0.547. The lowest BCUT2D eigenvalue weighted by molar-refractivity contribution is 0.117. The molecule has 1 aromatic rings. The predicted molar refractivity (Wildman–Crippen MR) is 64.0 cm³/mol. The van der Waals surface area contributed by atoms with Gasteiger partial charge >= 0.3 is 0 Å². The van der Waals surface area contributed by atoms with Crippen LogP contribution >= 0.6 is 0 Å². The third-order valence-electron chi connectivity index (χ3n) is 3.94. The highest BCUT2D eigenvalue weighted by Crippen LogP contribution is 2.27. The Balaban J connectivity index is 1.71. The summed E-state index contributed by atoms with van der Waals surface area (Å²) >= 11 is 0. The van der Waals surface area contributed by atoms with Gasteiger partial charge in [0.1, 0.15) is 5.82 Å². The van der Waals surface area contributed by atoms with E-state index in [0.717, 1.165) is 37.7 Å². The summed E-state index contributed by atoms with van der Waals surface area (Å²) < 4.78 is 13.1. The van der Waals surface area contributed by atoms with Crippen molar-refractivity contribution in [1.29, 1.82) is 0 Å². The number of likely N-dealkylation sites (tertiary alicyclic amines) is 1. The van der Waals surface area contributed by atoms with Crippen molar-refractivity contribution >= 4 is 0 Å². The van der Waals surface area contributed by atoms with Crippen LogP contribution < -0.4 is 5.32 Å². The van der Waals surface area contributed by atoms with Crippen LogP contribution in [-0.2, 0) is 6.54 Å². The van der Waals surface area contributed by atoms with Gasteiger partial charge in [-0.05, 0) is 43.5 Å². The molecule has 3 heterocycles. The first-order valence-corrected chi connectivity index (χ1v) is 6.37. The van der Waals surface area contributed by atoms with Crippen LogP contribution in [0.15, 0.2) is 18.5 Å². The van der Waals surface area contributed by atoms with Crippen LogP contribution in [-0.4, -0.2) is 35.6 Å². The number of piperidine rings is 1. The normalized spacial score (nSPS) is 29.2. The molecule has 4 heteroatoms. The Morgan fingerprint density at radius 3 is 3.24 bits per heavy atom. The minimum atomic E-state index is -0.236. The molecule has 92 valence electrons. The van der Waals surface area contributed by atoms with Crippen LogP contribution in [0.25, 0.3) is 0 Å². The molecule has 0 saturated carbocycles. The van der Waals surface area contributed by atoms with Crippen LogP contribution in [0.4, 0.5) is 4.39 Å². The highest BCUT2D eigenvalue weighted by molar-refractivity contribution is 5.11. The Kier molecular flexibility index (Phi) is 3.07. The Morgan fingerprint density at radius 1 is 1.41 bits per heavy atom. The number of fused-ring (bicyclic) bond motifs is 1. The van der Waals surface area contributed by atoms with Crippen molar-refractivity contribution in [3.05, 3.63) is 29.8 Å². The van der Waals surface area contributed by atoms with Gasteiger partial charge in [-0.2, -0.15) is 0 Å². The number of rotatable bonds is 2. The standard InChI is InChI=1S/C13H18FN3/c14-12-4-10(5-15-7-12)9-17-3-1-2-11-6-16-8-13(11)17/h4-5,7,11,13,16H,1-3,6,8-9H2. The molecule has 0 aliphatic carbocycles. The van der Waals surface area contributed by atoms with Crippen LogP contribution in [0.3, 0.4) is 0 Å². The minimum Gasteiger partial charge on any atom is -0.315 e. The zero-order chi connectivity index (χ0) is 11.7. The molecule has 0 bridgehead atoms. The number of aromatic nitrogens is 1. The predicted octanol–water partition coefficient (Wildman–Crippen LogP) is 1.40. The fourth-order valence-corrected chi connectivity index (χ4v) is 3.14. The highest BCUT2D eigenvalue weighted by Gasteiger charge is 2.34. The molecule has 1 aromatic heterocycles. The van der Waals surface area contributed by atoms with Gasteiger partial charge in [0.05, 0.1) is 6.20 Å². The fourth-order valence-electron chi connectivity index (χ4n) is 3.14. The van der Waals surface area contributed by atoms with Crippen molar-refractivity contribution in [3.63, 3.8) is 0 Å². The molecule has 2 fully saturated rings. The lowest BCUT2D eigenvalue weighted by Crippen LogP contribution is -2.44. The first kappa shape index (κ1) is 11.1. The van der Waals surface area contributed by atoms with Crippen LogP contribution in [0.5, 0.6) is 0 Å². The number of pyridine rings is 1. The summed E-state index contributed by atoms with van der Waals surface area (Å²) in [6, 6.07) is 2.23. The third-order valence-corrected chi connectivity index (χ3v) is 3.94. The van der Waals surface area contributed by atoms with Gasteiger partial charge in [-0.3, -0.25) is 9.88 Å². The smallest absolute Gasteiger partial charge is 0.141 e. The summed E-state index contributed by atoms with van der Waals surface area (Å²) in [7, 11) is 0. The van der Waals surface area contributed by atoms with Crippen molar-refractivity contribution in [2.75, 3.05) is 19.6 Å². The number of nitrogens with one attached hydrogen (secondary N) is 1. The van der Waals surface area contributed by atoms with E-state index in [0.29, 0.717) is 6.04 Å². The van der Waals surface area contributed by atoms with Crippen molar-refractivity contribution in [1.82, 2.24) is 15.2 Å². The van der Waals surface area contributed by atoms with E-state index in [1.54, 1.807) is 12.3 Å². The second-order valence-corrected chi connectivity index (χ2v) is 5.11. The van der Waals surface area contributed by atoms with E-state index in [-0.39, 0.29) is 5.82 Å². The van der Waals surface area contributed by atoms with E-state index < -0.39 is 0 Å². The van der Waals surface area contributed by atoms with Gasteiger partial charge in [0.2, 0.25) is 0 Å². The molecule has 0 amide bonds. The molecule has 2 aliphatic heterocycles. The maximum atomic E-state index is 13.1. The van der Waals surface area contributed by atoms with Gasteiger partial charge in [-0.1, -0.05) is 0 Å². The lowest BCUT2D eigenvalue weighted by Gasteiger charge is -2.37. The van der Waals surface area contributed by atoms with E-state index >= 15 is 0 Å². The van der Waals surface area contributed by atoms with Crippen LogP contribution in [0.2, 0.25) is 0 Å². The summed E-state index contributed by atoms with van der Waals surface area (Å²) in [4.78, 5) is 6.39. The number of hydrogen-bond donors (Lipinski definition) is 1. The Morgan fingerprint density at radius 2 is 2.35 bits per heavy atom. The summed E-state index contributed by atoms with van der Waals surface area (Å²) in [6.45, 7) is 4.17. The van der Waals surface area contributed by atoms with Gasteiger partial charge < -0.3 is 5.32 Å². The topological polar surface area (TPSA) is 28.2 Å². The molecular weight excluding hydrogens is 217 g/mol. The van der Waals surface area contributed by atoms with Gasteiger partial charge in [0, 0.05) is 25.3 Å². The first-order valence-electron chi connectivity index (χ1n) is 6.37. The van der Waals surface area contributed by atoms with Crippen molar-refractivity contribution in [3.8, 4) is 0 Å². The molecule has 1 N–H and O–H groups in total.